The topological polar surface area (TPSA) is 33.3 Å². The molecule has 1 aliphatic heterocycles. The standard InChI is InChI=1S/C14H21ClN2O.ClH/c1-18-14-4-2-3-13(15)12(14)10-17-9-11-5-7-16-8-6-11;/h2-4,11,16-17H,5-10H2,1H3;1H. The van der Waals surface area contributed by atoms with E-state index in [1.165, 1.54) is 12.8 Å². The van der Waals surface area contributed by atoms with Crippen molar-refractivity contribution in [2.75, 3.05) is 26.7 Å². The van der Waals surface area contributed by atoms with E-state index in [0.29, 0.717) is 0 Å². The Kier molecular flexibility index (Phi) is 7.54. The lowest BCUT2D eigenvalue weighted by molar-refractivity contribution is 0.354. The van der Waals surface area contributed by atoms with Crippen LogP contribution < -0.4 is 15.4 Å². The minimum absolute atomic E-state index is 0. The van der Waals surface area contributed by atoms with Crippen LogP contribution in [0.15, 0.2) is 18.2 Å². The van der Waals surface area contributed by atoms with E-state index in [2.05, 4.69) is 10.6 Å². The van der Waals surface area contributed by atoms with Gasteiger partial charge >= 0.3 is 0 Å². The quantitative estimate of drug-likeness (QED) is 0.877. The lowest BCUT2D eigenvalue weighted by atomic mass is 9.98. The molecule has 0 aromatic heterocycles. The highest BCUT2D eigenvalue weighted by atomic mass is 35.5. The van der Waals surface area contributed by atoms with Crippen molar-refractivity contribution in [1.29, 1.82) is 0 Å². The Morgan fingerprint density at radius 2 is 2.11 bits per heavy atom. The summed E-state index contributed by atoms with van der Waals surface area (Å²) in [5.41, 5.74) is 1.05. The Morgan fingerprint density at radius 1 is 1.37 bits per heavy atom. The molecule has 5 heteroatoms. The molecule has 1 fully saturated rings. The van der Waals surface area contributed by atoms with Crippen LogP contribution in [-0.2, 0) is 6.54 Å². The van der Waals surface area contributed by atoms with Crippen molar-refractivity contribution in [2.24, 2.45) is 5.92 Å². The number of halogens is 2. The second-order valence-corrected chi connectivity index (χ2v) is 5.15. The van der Waals surface area contributed by atoms with Gasteiger partial charge < -0.3 is 15.4 Å². The molecule has 0 atom stereocenters. The van der Waals surface area contributed by atoms with Gasteiger partial charge in [-0.1, -0.05) is 17.7 Å². The van der Waals surface area contributed by atoms with Crippen LogP contribution >= 0.6 is 24.0 Å². The molecule has 1 saturated heterocycles. The van der Waals surface area contributed by atoms with Gasteiger partial charge in [0.25, 0.3) is 0 Å². The van der Waals surface area contributed by atoms with Gasteiger partial charge in [-0.05, 0) is 50.5 Å². The summed E-state index contributed by atoms with van der Waals surface area (Å²) in [7, 11) is 1.68. The molecule has 1 aliphatic rings. The third-order valence-corrected chi connectivity index (χ3v) is 3.84. The Labute approximate surface area is 126 Å². The summed E-state index contributed by atoms with van der Waals surface area (Å²) >= 11 is 6.20. The number of methoxy groups -OCH3 is 1. The highest BCUT2D eigenvalue weighted by Gasteiger charge is 2.13. The zero-order valence-electron chi connectivity index (χ0n) is 11.2. The molecule has 0 spiro atoms. The van der Waals surface area contributed by atoms with E-state index in [9.17, 15) is 0 Å². The van der Waals surface area contributed by atoms with Gasteiger partial charge in [-0.25, -0.2) is 0 Å². The van der Waals surface area contributed by atoms with Crippen molar-refractivity contribution >= 4 is 24.0 Å². The Balaban J connectivity index is 0.00000180. The lowest BCUT2D eigenvalue weighted by Crippen LogP contribution is -2.33. The summed E-state index contributed by atoms with van der Waals surface area (Å²) < 4.78 is 5.33. The number of hydrogen-bond acceptors (Lipinski definition) is 3. The van der Waals surface area contributed by atoms with E-state index in [1.807, 2.05) is 18.2 Å². The Morgan fingerprint density at radius 3 is 2.79 bits per heavy atom. The van der Waals surface area contributed by atoms with Crippen LogP contribution in [0.5, 0.6) is 5.75 Å². The van der Waals surface area contributed by atoms with Crippen LogP contribution in [0.25, 0.3) is 0 Å². The van der Waals surface area contributed by atoms with E-state index in [0.717, 1.165) is 48.4 Å². The normalized spacial score (nSPS) is 15.9. The molecule has 0 unspecified atom stereocenters. The molecule has 19 heavy (non-hydrogen) atoms. The molecule has 0 radical (unpaired) electrons. The molecule has 1 aromatic rings. The van der Waals surface area contributed by atoms with Crippen molar-refractivity contribution in [1.82, 2.24) is 10.6 Å². The number of hydrogen-bond donors (Lipinski definition) is 2. The number of rotatable bonds is 5. The number of benzene rings is 1. The first-order valence-electron chi connectivity index (χ1n) is 6.54. The third kappa shape index (κ3) is 4.84. The largest absolute Gasteiger partial charge is 0.496 e. The van der Waals surface area contributed by atoms with Gasteiger partial charge in [0.2, 0.25) is 0 Å². The maximum absolute atomic E-state index is 6.20. The zero-order chi connectivity index (χ0) is 12.8. The lowest BCUT2D eigenvalue weighted by Gasteiger charge is -2.23. The molecular formula is C14H22Cl2N2O. The smallest absolute Gasteiger partial charge is 0.124 e. The first-order chi connectivity index (χ1) is 8.81. The molecule has 0 saturated carbocycles. The third-order valence-electron chi connectivity index (χ3n) is 3.49. The second kappa shape index (κ2) is 8.64. The van der Waals surface area contributed by atoms with Crippen molar-refractivity contribution in [2.45, 2.75) is 19.4 Å². The van der Waals surface area contributed by atoms with Crippen LogP contribution in [0.4, 0.5) is 0 Å². The maximum atomic E-state index is 6.20. The van der Waals surface area contributed by atoms with Gasteiger partial charge in [-0.15, -0.1) is 12.4 Å². The minimum atomic E-state index is 0. The Bertz CT molecular complexity index is 382. The van der Waals surface area contributed by atoms with Crippen LogP contribution in [-0.4, -0.2) is 26.7 Å². The molecule has 3 nitrogen and oxygen atoms in total. The van der Waals surface area contributed by atoms with Crippen LogP contribution in [0.1, 0.15) is 18.4 Å². The van der Waals surface area contributed by atoms with Crippen molar-refractivity contribution in [3.63, 3.8) is 0 Å². The molecule has 2 rings (SSSR count). The summed E-state index contributed by atoms with van der Waals surface area (Å²) in [5, 5.41) is 7.65. The minimum Gasteiger partial charge on any atom is -0.496 e. The van der Waals surface area contributed by atoms with Crippen LogP contribution in [0.2, 0.25) is 5.02 Å². The molecule has 2 N–H and O–H groups in total. The highest BCUT2D eigenvalue weighted by Crippen LogP contribution is 2.26. The van der Waals surface area contributed by atoms with Gasteiger partial charge in [0.15, 0.2) is 0 Å². The SMILES string of the molecule is COc1cccc(Cl)c1CNCC1CCNCC1.Cl. The second-order valence-electron chi connectivity index (χ2n) is 4.74. The average molecular weight is 305 g/mol. The highest BCUT2D eigenvalue weighted by molar-refractivity contribution is 6.31. The maximum Gasteiger partial charge on any atom is 0.124 e. The number of nitrogens with one attached hydrogen (secondary N) is 2. The summed E-state index contributed by atoms with van der Waals surface area (Å²) in [6.07, 6.45) is 2.51. The molecule has 0 aliphatic carbocycles. The van der Waals surface area contributed by atoms with E-state index in [1.54, 1.807) is 7.11 Å². The Hall–Kier alpha value is -0.480. The van der Waals surface area contributed by atoms with Crippen molar-refractivity contribution in [3.8, 4) is 5.75 Å². The fraction of sp³-hybridized carbons (Fsp3) is 0.571. The van der Waals surface area contributed by atoms with Gasteiger partial charge in [0.1, 0.15) is 5.75 Å². The molecular weight excluding hydrogens is 283 g/mol. The molecule has 0 amide bonds. The number of ether oxygens (including phenoxy) is 1. The number of piperidine rings is 1. The monoisotopic (exact) mass is 304 g/mol. The van der Waals surface area contributed by atoms with Crippen molar-refractivity contribution in [3.05, 3.63) is 28.8 Å². The van der Waals surface area contributed by atoms with Crippen LogP contribution in [0.3, 0.4) is 0 Å². The van der Waals surface area contributed by atoms with Gasteiger partial charge in [-0.2, -0.15) is 0 Å². The van der Waals surface area contributed by atoms with E-state index in [-0.39, 0.29) is 12.4 Å². The first-order valence-corrected chi connectivity index (χ1v) is 6.92. The predicted octanol–water partition coefficient (Wildman–Crippen LogP) is 2.86. The average Bonchev–Trinajstić information content (AvgIpc) is 2.41. The van der Waals surface area contributed by atoms with Crippen molar-refractivity contribution < 1.29 is 4.74 Å². The van der Waals surface area contributed by atoms with Gasteiger partial charge in [0, 0.05) is 17.1 Å². The van der Waals surface area contributed by atoms with Gasteiger partial charge in [-0.3, -0.25) is 0 Å². The summed E-state index contributed by atoms with van der Waals surface area (Å²) in [6.45, 7) is 4.10. The predicted molar refractivity (Wildman–Crippen MR) is 82.6 cm³/mol. The molecule has 1 aromatic carbocycles. The fourth-order valence-corrected chi connectivity index (χ4v) is 2.62. The molecule has 0 bridgehead atoms. The van der Waals surface area contributed by atoms with E-state index >= 15 is 0 Å². The zero-order valence-corrected chi connectivity index (χ0v) is 12.8. The fourth-order valence-electron chi connectivity index (χ4n) is 2.39. The summed E-state index contributed by atoms with van der Waals surface area (Å²) in [6, 6.07) is 5.77. The molecule has 1 heterocycles. The van der Waals surface area contributed by atoms with Crippen LogP contribution in [0, 0.1) is 5.92 Å². The molecule has 108 valence electrons. The summed E-state index contributed by atoms with van der Waals surface area (Å²) in [4.78, 5) is 0. The van der Waals surface area contributed by atoms with E-state index in [4.69, 9.17) is 16.3 Å². The van der Waals surface area contributed by atoms with Gasteiger partial charge in [0.05, 0.1) is 7.11 Å². The first kappa shape index (κ1) is 16.6. The van der Waals surface area contributed by atoms with E-state index < -0.39 is 0 Å². The summed E-state index contributed by atoms with van der Waals surface area (Å²) in [5.74, 6) is 1.64.